The highest BCUT2D eigenvalue weighted by atomic mass is 79.9. The normalized spacial score (nSPS) is 22.6. The summed E-state index contributed by atoms with van der Waals surface area (Å²) >= 11 is 3.39. The number of hydrogen-bond acceptors (Lipinski definition) is 2. The summed E-state index contributed by atoms with van der Waals surface area (Å²) in [4.78, 5) is 25.9. The third kappa shape index (κ3) is 3.15. The lowest BCUT2D eigenvalue weighted by molar-refractivity contribution is -0.145. The van der Waals surface area contributed by atoms with Gasteiger partial charge in [-0.15, -0.1) is 0 Å². The minimum absolute atomic E-state index is 0.0221. The zero-order valence-electron chi connectivity index (χ0n) is 12.5. The van der Waals surface area contributed by atoms with Gasteiger partial charge in [-0.1, -0.05) is 6.92 Å². The number of amides is 1. The summed E-state index contributed by atoms with van der Waals surface area (Å²) < 4.78 is 2.71. The molecule has 0 aliphatic carbocycles. The minimum atomic E-state index is -0.919. The van der Waals surface area contributed by atoms with E-state index in [1.54, 1.807) is 6.07 Å². The Bertz CT molecular complexity index is 553. The van der Waals surface area contributed by atoms with Crippen LogP contribution in [-0.2, 0) is 4.79 Å². The summed E-state index contributed by atoms with van der Waals surface area (Å²) in [5, 5.41) is 9.45. The molecule has 1 fully saturated rings. The molecule has 5 nitrogen and oxygen atoms in total. The molecule has 1 aliphatic heterocycles. The molecular formula is C15H21BrN2O3. The van der Waals surface area contributed by atoms with Gasteiger partial charge in [0.05, 0.1) is 0 Å². The van der Waals surface area contributed by atoms with Gasteiger partial charge in [0, 0.05) is 23.3 Å². The van der Waals surface area contributed by atoms with Crippen LogP contribution in [0.4, 0.5) is 0 Å². The van der Waals surface area contributed by atoms with Gasteiger partial charge in [-0.25, -0.2) is 4.79 Å². The number of nitrogens with zero attached hydrogens (tertiary/aromatic N) is 2. The lowest BCUT2D eigenvalue weighted by atomic mass is 9.90. The van der Waals surface area contributed by atoms with Gasteiger partial charge in [-0.2, -0.15) is 0 Å². The maximum absolute atomic E-state index is 12.8. The van der Waals surface area contributed by atoms with E-state index in [-0.39, 0.29) is 17.9 Å². The lowest BCUT2D eigenvalue weighted by Crippen LogP contribution is -2.52. The van der Waals surface area contributed by atoms with Crippen LogP contribution in [0.1, 0.15) is 50.1 Å². The number of aliphatic carboxylic acids is 1. The molecule has 2 rings (SSSR count). The number of piperidine rings is 1. The molecule has 2 unspecified atom stereocenters. The number of likely N-dealkylation sites (tertiary alicyclic amines) is 1. The molecule has 1 saturated heterocycles. The van der Waals surface area contributed by atoms with E-state index in [1.165, 1.54) is 4.90 Å². The molecule has 1 aromatic heterocycles. The van der Waals surface area contributed by atoms with Crippen LogP contribution in [0.5, 0.6) is 0 Å². The second-order valence-electron chi connectivity index (χ2n) is 5.95. The van der Waals surface area contributed by atoms with Crippen molar-refractivity contribution in [3.63, 3.8) is 0 Å². The predicted molar refractivity (Wildman–Crippen MR) is 83.4 cm³/mol. The summed E-state index contributed by atoms with van der Waals surface area (Å²) in [6, 6.07) is 1.17. The summed E-state index contributed by atoms with van der Waals surface area (Å²) in [7, 11) is 0. The molecule has 0 aromatic carbocycles. The van der Waals surface area contributed by atoms with Crippen molar-refractivity contribution in [3.05, 3.63) is 22.4 Å². The smallest absolute Gasteiger partial charge is 0.326 e. The van der Waals surface area contributed by atoms with Gasteiger partial charge < -0.3 is 14.6 Å². The Morgan fingerprint density at radius 3 is 2.67 bits per heavy atom. The zero-order chi connectivity index (χ0) is 15.7. The van der Waals surface area contributed by atoms with Gasteiger partial charge in [0.2, 0.25) is 0 Å². The van der Waals surface area contributed by atoms with Crippen molar-refractivity contribution in [3.8, 4) is 0 Å². The standard InChI is InChI=1S/C15H21BrN2O3/c1-9(2)18-8-11(16)7-12(18)14(19)17-6-4-5-10(3)13(17)15(20)21/h7-10,13H,4-6H2,1-3H3,(H,20,21). The third-order valence-electron chi connectivity index (χ3n) is 4.04. The van der Waals surface area contributed by atoms with Gasteiger partial charge in [-0.05, 0) is 54.6 Å². The quantitative estimate of drug-likeness (QED) is 0.904. The van der Waals surface area contributed by atoms with Gasteiger partial charge >= 0.3 is 5.97 Å². The Morgan fingerprint density at radius 2 is 2.10 bits per heavy atom. The molecule has 0 saturated carbocycles. The van der Waals surface area contributed by atoms with Crippen molar-refractivity contribution in [1.82, 2.24) is 9.47 Å². The second kappa shape index (κ2) is 6.22. The Balaban J connectivity index is 2.36. The number of carbonyl (C=O) groups excluding carboxylic acids is 1. The van der Waals surface area contributed by atoms with Crippen LogP contribution in [0, 0.1) is 5.92 Å². The number of carbonyl (C=O) groups is 2. The molecule has 2 atom stereocenters. The van der Waals surface area contributed by atoms with E-state index in [4.69, 9.17) is 0 Å². The van der Waals surface area contributed by atoms with Crippen LogP contribution in [0.2, 0.25) is 0 Å². The molecule has 1 N–H and O–H groups in total. The Kier molecular flexibility index (Phi) is 4.76. The summed E-state index contributed by atoms with van der Waals surface area (Å²) in [6.45, 7) is 6.39. The molecule has 1 amide bonds. The first kappa shape index (κ1) is 16.1. The molecule has 1 aromatic rings. The van der Waals surface area contributed by atoms with Crippen LogP contribution in [0.3, 0.4) is 0 Å². The maximum atomic E-state index is 12.8. The highest BCUT2D eigenvalue weighted by Gasteiger charge is 2.38. The summed E-state index contributed by atoms with van der Waals surface area (Å²) in [5.41, 5.74) is 0.539. The molecule has 1 aliphatic rings. The van der Waals surface area contributed by atoms with Gasteiger partial charge in [0.1, 0.15) is 11.7 Å². The van der Waals surface area contributed by atoms with Gasteiger partial charge in [0.25, 0.3) is 5.91 Å². The molecule has 0 bridgehead atoms. The van der Waals surface area contributed by atoms with Gasteiger partial charge in [0.15, 0.2) is 0 Å². The molecular weight excluding hydrogens is 336 g/mol. The van der Waals surface area contributed by atoms with Crippen molar-refractivity contribution in [2.75, 3.05) is 6.54 Å². The fourth-order valence-corrected chi connectivity index (χ4v) is 3.42. The van der Waals surface area contributed by atoms with Crippen LogP contribution in [0.25, 0.3) is 0 Å². The van der Waals surface area contributed by atoms with Crippen LogP contribution in [-0.4, -0.2) is 39.0 Å². The zero-order valence-corrected chi connectivity index (χ0v) is 14.1. The molecule has 2 heterocycles. The lowest BCUT2D eigenvalue weighted by Gasteiger charge is -2.37. The van der Waals surface area contributed by atoms with Crippen molar-refractivity contribution in [2.24, 2.45) is 5.92 Å². The largest absolute Gasteiger partial charge is 0.480 e. The van der Waals surface area contributed by atoms with E-state index in [0.29, 0.717) is 12.2 Å². The molecule has 0 radical (unpaired) electrons. The Hall–Kier alpha value is -1.30. The average Bonchev–Trinajstić information content (AvgIpc) is 2.79. The molecule has 0 spiro atoms. The SMILES string of the molecule is CC1CCCN(C(=O)c2cc(Br)cn2C(C)C)C1C(=O)O. The summed E-state index contributed by atoms with van der Waals surface area (Å²) in [6.07, 6.45) is 3.55. The summed E-state index contributed by atoms with van der Waals surface area (Å²) in [5.74, 6) is -1.14. The fourth-order valence-electron chi connectivity index (χ4n) is 2.98. The number of aromatic nitrogens is 1. The van der Waals surface area contributed by atoms with E-state index in [1.807, 2.05) is 31.5 Å². The van der Waals surface area contributed by atoms with E-state index >= 15 is 0 Å². The highest BCUT2D eigenvalue weighted by molar-refractivity contribution is 9.10. The minimum Gasteiger partial charge on any atom is -0.480 e. The first-order valence-electron chi connectivity index (χ1n) is 7.24. The number of halogens is 1. The number of carboxylic acid groups (broad SMARTS) is 1. The Labute approximate surface area is 133 Å². The van der Waals surface area contributed by atoms with Crippen molar-refractivity contribution in [1.29, 1.82) is 0 Å². The van der Waals surface area contributed by atoms with Crippen LogP contribution < -0.4 is 0 Å². The predicted octanol–water partition coefficient (Wildman–Crippen LogP) is 3.16. The van der Waals surface area contributed by atoms with Crippen LogP contribution in [0.15, 0.2) is 16.7 Å². The van der Waals surface area contributed by atoms with Crippen LogP contribution >= 0.6 is 15.9 Å². The number of carboxylic acids is 1. The maximum Gasteiger partial charge on any atom is 0.326 e. The van der Waals surface area contributed by atoms with Gasteiger partial charge in [-0.3, -0.25) is 4.79 Å². The molecule has 6 heteroatoms. The molecule has 21 heavy (non-hydrogen) atoms. The Morgan fingerprint density at radius 1 is 1.43 bits per heavy atom. The number of rotatable bonds is 3. The first-order valence-corrected chi connectivity index (χ1v) is 8.03. The van der Waals surface area contributed by atoms with Crippen molar-refractivity contribution in [2.45, 2.75) is 45.7 Å². The average molecular weight is 357 g/mol. The number of hydrogen-bond donors (Lipinski definition) is 1. The monoisotopic (exact) mass is 356 g/mol. The second-order valence-corrected chi connectivity index (χ2v) is 6.86. The van der Waals surface area contributed by atoms with Crippen molar-refractivity contribution >= 4 is 27.8 Å². The van der Waals surface area contributed by atoms with E-state index in [9.17, 15) is 14.7 Å². The topological polar surface area (TPSA) is 62.5 Å². The van der Waals surface area contributed by atoms with Crippen molar-refractivity contribution < 1.29 is 14.7 Å². The highest BCUT2D eigenvalue weighted by Crippen LogP contribution is 2.27. The fraction of sp³-hybridized carbons (Fsp3) is 0.600. The molecule has 116 valence electrons. The third-order valence-corrected chi connectivity index (χ3v) is 4.47. The van der Waals surface area contributed by atoms with E-state index < -0.39 is 12.0 Å². The first-order chi connectivity index (χ1) is 9.82. The van der Waals surface area contributed by atoms with E-state index in [2.05, 4.69) is 15.9 Å². The van der Waals surface area contributed by atoms with E-state index in [0.717, 1.165) is 17.3 Å².